The standard InChI is InChI=1S/C12H15NO2S/c13-11(12(14)15)9-16-8-4-7-10-5-2-1-3-6-10/h1-7,11H,8-9,13H2,(H,14,15). The van der Waals surface area contributed by atoms with Gasteiger partial charge in [-0.15, -0.1) is 0 Å². The van der Waals surface area contributed by atoms with E-state index < -0.39 is 12.0 Å². The molecule has 4 heteroatoms. The van der Waals surface area contributed by atoms with Gasteiger partial charge in [-0.1, -0.05) is 42.5 Å². The van der Waals surface area contributed by atoms with Crippen LogP contribution >= 0.6 is 11.8 Å². The van der Waals surface area contributed by atoms with Crippen LogP contribution in [0.2, 0.25) is 0 Å². The molecule has 0 radical (unpaired) electrons. The van der Waals surface area contributed by atoms with Crippen LogP contribution in [0.15, 0.2) is 36.4 Å². The molecule has 3 N–H and O–H groups in total. The maximum atomic E-state index is 10.4. The summed E-state index contributed by atoms with van der Waals surface area (Å²) in [6.45, 7) is 0. The third-order valence-corrected chi connectivity index (χ3v) is 2.96. The molecule has 0 spiro atoms. The first-order chi connectivity index (χ1) is 7.70. The van der Waals surface area contributed by atoms with Gasteiger partial charge in [-0.3, -0.25) is 4.79 Å². The Morgan fingerprint density at radius 1 is 1.44 bits per heavy atom. The Hall–Kier alpha value is -1.26. The minimum atomic E-state index is -0.945. The van der Waals surface area contributed by atoms with Crippen LogP contribution in [-0.2, 0) is 4.79 Å². The summed E-state index contributed by atoms with van der Waals surface area (Å²) in [7, 11) is 0. The first-order valence-electron chi connectivity index (χ1n) is 4.98. The SMILES string of the molecule is NC(CSCC=Cc1ccccc1)C(=O)O. The Morgan fingerprint density at radius 2 is 2.12 bits per heavy atom. The van der Waals surface area contributed by atoms with Gasteiger partial charge in [0, 0.05) is 11.5 Å². The van der Waals surface area contributed by atoms with E-state index in [2.05, 4.69) is 0 Å². The number of rotatable bonds is 6. The summed E-state index contributed by atoms with van der Waals surface area (Å²) in [5.41, 5.74) is 6.51. The third kappa shape index (κ3) is 5.00. The Bertz CT molecular complexity index is 351. The minimum absolute atomic E-state index is 0.439. The lowest BCUT2D eigenvalue weighted by atomic mass is 10.2. The maximum absolute atomic E-state index is 10.4. The molecule has 0 aliphatic heterocycles. The molecule has 1 unspecified atom stereocenters. The molecule has 0 amide bonds. The van der Waals surface area contributed by atoms with E-state index in [4.69, 9.17) is 10.8 Å². The van der Waals surface area contributed by atoms with E-state index in [1.165, 1.54) is 11.8 Å². The molecule has 0 heterocycles. The van der Waals surface area contributed by atoms with Crippen molar-refractivity contribution < 1.29 is 9.90 Å². The number of nitrogens with two attached hydrogens (primary N) is 1. The molecule has 1 atom stereocenters. The summed E-state index contributed by atoms with van der Waals surface area (Å²) in [6, 6.07) is 9.20. The van der Waals surface area contributed by atoms with Gasteiger partial charge < -0.3 is 10.8 Å². The van der Waals surface area contributed by atoms with Gasteiger partial charge in [-0.05, 0) is 5.56 Å². The highest BCUT2D eigenvalue weighted by Crippen LogP contribution is 2.05. The van der Waals surface area contributed by atoms with Crippen LogP contribution in [0.1, 0.15) is 5.56 Å². The second-order valence-corrected chi connectivity index (χ2v) is 4.37. The van der Waals surface area contributed by atoms with Crippen molar-refractivity contribution in [3.05, 3.63) is 42.0 Å². The summed E-state index contributed by atoms with van der Waals surface area (Å²) < 4.78 is 0. The monoisotopic (exact) mass is 237 g/mol. The highest BCUT2D eigenvalue weighted by Gasteiger charge is 2.09. The lowest BCUT2D eigenvalue weighted by Gasteiger charge is -2.03. The van der Waals surface area contributed by atoms with Crippen molar-refractivity contribution in [2.75, 3.05) is 11.5 Å². The Labute approximate surface area is 99.4 Å². The summed E-state index contributed by atoms with van der Waals surface area (Å²) in [5.74, 6) is 0.268. The molecular formula is C12H15NO2S. The molecule has 0 saturated heterocycles. The predicted molar refractivity (Wildman–Crippen MR) is 68.4 cm³/mol. The molecule has 0 aliphatic carbocycles. The van der Waals surface area contributed by atoms with E-state index in [0.717, 1.165) is 11.3 Å². The molecule has 0 aromatic heterocycles. The van der Waals surface area contributed by atoms with Crippen molar-refractivity contribution in [2.45, 2.75) is 6.04 Å². The molecular weight excluding hydrogens is 222 g/mol. The average Bonchev–Trinajstić information content (AvgIpc) is 2.29. The first kappa shape index (κ1) is 12.8. The number of carbonyl (C=O) groups is 1. The first-order valence-corrected chi connectivity index (χ1v) is 6.13. The van der Waals surface area contributed by atoms with Crippen LogP contribution in [-0.4, -0.2) is 28.6 Å². The fourth-order valence-electron chi connectivity index (χ4n) is 1.08. The number of carboxylic acid groups (broad SMARTS) is 1. The average molecular weight is 237 g/mol. The smallest absolute Gasteiger partial charge is 0.321 e. The number of hydrogen-bond donors (Lipinski definition) is 2. The maximum Gasteiger partial charge on any atom is 0.321 e. The molecule has 1 rings (SSSR count). The molecule has 1 aromatic carbocycles. The van der Waals surface area contributed by atoms with Crippen molar-refractivity contribution in [3.63, 3.8) is 0 Å². The van der Waals surface area contributed by atoms with E-state index in [1.807, 2.05) is 42.5 Å². The number of benzene rings is 1. The van der Waals surface area contributed by atoms with E-state index in [-0.39, 0.29) is 0 Å². The van der Waals surface area contributed by atoms with Gasteiger partial charge >= 0.3 is 5.97 Å². The molecule has 0 saturated carbocycles. The zero-order valence-electron chi connectivity index (χ0n) is 8.87. The van der Waals surface area contributed by atoms with Crippen LogP contribution in [0.5, 0.6) is 0 Å². The van der Waals surface area contributed by atoms with Gasteiger partial charge in [0.2, 0.25) is 0 Å². The topological polar surface area (TPSA) is 63.3 Å². The van der Waals surface area contributed by atoms with Gasteiger partial charge in [0.15, 0.2) is 0 Å². The zero-order chi connectivity index (χ0) is 11.8. The van der Waals surface area contributed by atoms with E-state index in [0.29, 0.717) is 5.75 Å². The Morgan fingerprint density at radius 3 is 2.75 bits per heavy atom. The van der Waals surface area contributed by atoms with Crippen LogP contribution in [0.25, 0.3) is 6.08 Å². The van der Waals surface area contributed by atoms with Crippen molar-refractivity contribution in [1.82, 2.24) is 0 Å². The van der Waals surface area contributed by atoms with Gasteiger partial charge in [-0.25, -0.2) is 0 Å². The summed E-state index contributed by atoms with van der Waals surface area (Å²) >= 11 is 1.52. The highest BCUT2D eigenvalue weighted by molar-refractivity contribution is 7.99. The molecule has 16 heavy (non-hydrogen) atoms. The highest BCUT2D eigenvalue weighted by atomic mass is 32.2. The van der Waals surface area contributed by atoms with E-state index in [9.17, 15) is 4.79 Å². The third-order valence-electron chi connectivity index (χ3n) is 1.94. The van der Waals surface area contributed by atoms with Crippen molar-refractivity contribution >= 4 is 23.8 Å². The normalized spacial score (nSPS) is 12.8. The van der Waals surface area contributed by atoms with Crippen LogP contribution < -0.4 is 5.73 Å². The van der Waals surface area contributed by atoms with Gasteiger partial charge in [0.25, 0.3) is 0 Å². The summed E-state index contributed by atoms with van der Waals surface area (Å²) in [4.78, 5) is 10.4. The van der Waals surface area contributed by atoms with Crippen molar-refractivity contribution in [3.8, 4) is 0 Å². The molecule has 0 bridgehead atoms. The van der Waals surface area contributed by atoms with Gasteiger partial charge in [-0.2, -0.15) is 11.8 Å². The summed E-state index contributed by atoms with van der Waals surface area (Å²) in [5, 5.41) is 8.56. The lowest BCUT2D eigenvalue weighted by Crippen LogP contribution is -2.32. The zero-order valence-corrected chi connectivity index (χ0v) is 9.69. The van der Waals surface area contributed by atoms with Crippen LogP contribution in [0, 0.1) is 0 Å². The van der Waals surface area contributed by atoms with Gasteiger partial charge in [0.05, 0.1) is 0 Å². The number of thioether (sulfide) groups is 1. The van der Waals surface area contributed by atoms with Crippen molar-refractivity contribution in [1.29, 1.82) is 0 Å². The van der Waals surface area contributed by atoms with Crippen molar-refractivity contribution in [2.24, 2.45) is 5.73 Å². The quantitative estimate of drug-likeness (QED) is 0.741. The molecule has 0 fully saturated rings. The number of hydrogen-bond acceptors (Lipinski definition) is 3. The second kappa shape index (κ2) is 7.09. The lowest BCUT2D eigenvalue weighted by molar-refractivity contribution is -0.137. The van der Waals surface area contributed by atoms with Gasteiger partial charge in [0.1, 0.15) is 6.04 Å². The Balaban J connectivity index is 2.21. The molecule has 86 valence electrons. The number of aliphatic carboxylic acids is 1. The summed E-state index contributed by atoms with van der Waals surface area (Å²) in [6.07, 6.45) is 4.02. The minimum Gasteiger partial charge on any atom is -0.480 e. The molecule has 0 aliphatic rings. The van der Waals surface area contributed by atoms with E-state index >= 15 is 0 Å². The molecule has 1 aromatic rings. The number of carboxylic acids is 1. The van der Waals surface area contributed by atoms with Crippen LogP contribution in [0.3, 0.4) is 0 Å². The molecule has 3 nitrogen and oxygen atoms in total. The van der Waals surface area contributed by atoms with E-state index in [1.54, 1.807) is 0 Å². The second-order valence-electron chi connectivity index (χ2n) is 3.30. The Kier molecular flexibility index (Phi) is 5.67. The van der Waals surface area contributed by atoms with Crippen LogP contribution in [0.4, 0.5) is 0 Å². The predicted octanol–water partition coefficient (Wildman–Crippen LogP) is 1.84. The fraction of sp³-hybridized carbons (Fsp3) is 0.250. The largest absolute Gasteiger partial charge is 0.480 e. The fourth-order valence-corrected chi connectivity index (χ4v) is 1.85.